The molecule has 0 aliphatic rings. The Hall–Kier alpha value is -2.12. The van der Waals surface area contributed by atoms with Crippen LogP contribution in [0, 0.1) is 6.92 Å². The van der Waals surface area contributed by atoms with Crippen LogP contribution in [0.25, 0.3) is 5.69 Å². The molecule has 0 fully saturated rings. The molecule has 6 nitrogen and oxygen atoms in total. The van der Waals surface area contributed by atoms with E-state index in [1.54, 1.807) is 22.3 Å². The zero-order valence-corrected chi connectivity index (χ0v) is 12.7. The van der Waals surface area contributed by atoms with Crippen LogP contribution < -0.4 is 5.32 Å². The first kappa shape index (κ1) is 13.8. The van der Waals surface area contributed by atoms with E-state index in [0.717, 1.165) is 17.2 Å². The zero-order chi connectivity index (χ0) is 14.7. The molecule has 1 aromatic carbocycles. The van der Waals surface area contributed by atoms with Crippen molar-refractivity contribution >= 4 is 11.3 Å². The Morgan fingerprint density at radius 2 is 2.29 bits per heavy atom. The first-order valence-corrected chi connectivity index (χ1v) is 7.52. The van der Waals surface area contributed by atoms with E-state index in [4.69, 9.17) is 0 Å². The normalized spacial score (nSPS) is 12.5. The van der Waals surface area contributed by atoms with Gasteiger partial charge >= 0.3 is 0 Å². The molecule has 1 N–H and O–H groups in total. The molecule has 0 bridgehead atoms. The second-order valence-corrected chi connectivity index (χ2v) is 6.14. The molecular weight excluding hydrogens is 284 g/mol. The maximum absolute atomic E-state index is 4.36. The molecule has 0 aliphatic carbocycles. The second kappa shape index (κ2) is 6.11. The molecule has 3 aromatic rings. The van der Waals surface area contributed by atoms with Crippen LogP contribution in [0.15, 0.2) is 36.8 Å². The predicted molar refractivity (Wildman–Crippen MR) is 81.3 cm³/mol. The highest BCUT2D eigenvalue weighted by Gasteiger charge is 2.08. The molecule has 7 heteroatoms. The third-order valence-corrected chi connectivity index (χ3v) is 4.13. The van der Waals surface area contributed by atoms with Gasteiger partial charge in [-0.3, -0.25) is 0 Å². The number of benzene rings is 1. The summed E-state index contributed by atoms with van der Waals surface area (Å²) in [5.74, 6) is 0. The molecule has 0 saturated carbocycles. The van der Waals surface area contributed by atoms with Gasteiger partial charge in [-0.15, -0.1) is 16.4 Å². The molecule has 0 aliphatic heterocycles. The topological polar surface area (TPSA) is 68.5 Å². The van der Waals surface area contributed by atoms with Gasteiger partial charge in [-0.05, 0) is 42.0 Å². The average molecular weight is 300 g/mol. The lowest BCUT2D eigenvalue weighted by atomic mass is 10.1. The number of thiazole rings is 1. The number of hydrogen-bond donors (Lipinski definition) is 1. The minimum atomic E-state index is 0.227. The molecule has 108 valence electrons. The fourth-order valence-corrected chi connectivity index (χ4v) is 2.80. The Balaban J connectivity index is 1.69. The van der Waals surface area contributed by atoms with E-state index in [0.29, 0.717) is 0 Å². The Bertz CT molecular complexity index is 706. The summed E-state index contributed by atoms with van der Waals surface area (Å²) in [5.41, 5.74) is 2.15. The average Bonchev–Trinajstić information content (AvgIpc) is 3.16. The van der Waals surface area contributed by atoms with Gasteiger partial charge in [0.2, 0.25) is 0 Å². The second-order valence-electron chi connectivity index (χ2n) is 4.82. The molecule has 2 heterocycles. The first-order valence-electron chi connectivity index (χ1n) is 6.70. The van der Waals surface area contributed by atoms with Crippen molar-refractivity contribution in [2.45, 2.75) is 26.4 Å². The Morgan fingerprint density at radius 1 is 1.38 bits per heavy atom. The van der Waals surface area contributed by atoms with Crippen LogP contribution in [0.5, 0.6) is 0 Å². The molecule has 0 amide bonds. The molecule has 0 radical (unpaired) electrons. The fourth-order valence-electron chi connectivity index (χ4n) is 2.06. The Morgan fingerprint density at radius 3 is 3.00 bits per heavy atom. The standard InChI is InChI=1S/C14H16N6S/c1-10-7-16-14(21-10)8-15-11(2)12-4-3-5-13(6-12)20-9-17-18-19-20/h3-7,9,11,15H,8H2,1-2H3. The van der Waals surface area contributed by atoms with Gasteiger partial charge in [-0.1, -0.05) is 12.1 Å². The van der Waals surface area contributed by atoms with Gasteiger partial charge in [-0.2, -0.15) is 0 Å². The van der Waals surface area contributed by atoms with Crippen LogP contribution in [-0.4, -0.2) is 25.2 Å². The minimum absolute atomic E-state index is 0.227. The maximum Gasteiger partial charge on any atom is 0.143 e. The number of rotatable bonds is 5. The number of nitrogens with zero attached hydrogens (tertiary/aromatic N) is 5. The van der Waals surface area contributed by atoms with Crippen LogP contribution in [0.2, 0.25) is 0 Å². The van der Waals surface area contributed by atoms with Crippen LogP contribution in [0.4, 0.5) is 0 Å². The molecule has 2 aromatic heterocycles. The molecule has 0 spiro atoms. The van der Waals surface area contributed by atoms with Crippen LogP contribution in [-0.2, 0) is 6.54 Å². The van der Waals surface area contributed by atoms with E-state index in [9.17, 15) is 0 Å². The van der Waals surface area contributed by atoms with Crippen molar-refractivity contribution in [3.05, 3.63) is 52.2 Å². The van der Waals surface area contributed by atoms with Gasteiger partial charge < -0.3 is 5.32 Å². The van der Waals surface area contributed by atoms with Gasteiger partial charge in [0, 0.05) is 23.7 Å². The quantitative estimate of drug-likeness (QED) is 0.783. The summed E-state index contributed by atoms with van der Waals surface area (Å²) in [6.45, 7) is 4.98. The smallest absolute Gasteiger partial charge is 0.143 e. The summed E-state index contributed by atoms with van der Waals surface area (Å²) < 4.78 is 1.65. The lowest BCUT2D eigenvalue weighted by molar-refractivity contribution is 0.572. The summed E-state index contributed by atoms with van der Waals surface area (Å²) in [4.78, 5) is 5.60. The number of nitrogens with one attached hydrogen (secondary N) is 1. The monoisotopic (exact) mass is 300 g/mol. The van der Waals surface area contributed by atoms with Crippen molar-refractivity contribution in [2.75, 3.05) is 0 Å². The summed E-state index contributed by atoms with van der Waals surface area (Å²) in [6, 6.07) is 8.40. The first-order chi connectivity index (χ1) is 10.2. The van der Waals surface area contributed by atoms with E-state index in [1.165, 1.54) is 10.4 Å². The summed E-state index contributed by atoms with van der Waals surface area (Å²) in [7, 11) is 0. The summed E-state index contributed by atoms with van der Waals surface area (Å²) in [5, 5.41) is 15.8. The van der Waals surface area contributed by atoms with Gasteiger partial charge in [-0.25, -0.2) is 9.67 Å². The molecular formula is C14H16N6S. The van der Waals surface area contributed by atoms with Gasteiger partial charge in [0.25, 0.3) is 0 Å². The molecule has 1 unspecified atom stereocenters. The number of aryl methyl sites for hydroxylation is 1. The highest BCUT2D eigenvalue weighted by Crippen LogP contribution is 2.18. The van der Waals surface area contributed by atoms with Crippen LogP contribution in [0.3, 0.4) is 0 Å². The lowest BCUT2D eigenvalue weighted by Crippen LogP contribution is -2.18. The summed E-state index contributed by atoms with van der Waals surface area (Å²) >= 11 is 1.72. The van der Waals surface area contributed by atoms with E-state index < -0.39 is 0 Å². The maximum atomic E-state index is 4.36. The van der Waals surface area contributed by atoms with Crippen molar-refractivity contribution in [1.29, 1.82) is 0 Å². The Labute approximate surface area is 126 Å². The van der Waals surface area contributed by atoms with Gasteiger partial charge in [0.05, 0.1) is 5.69 Å². The molecule has 1 atom stereocenters. The highest BCUT2D eigenvalue weighted by molar-refractivity contribution is 7.11. The van der Waals surface area contributed by atoms with Crippen molar-refractivity contribution in [2.24, 2.45) is 0 Å². The van der Waals surface area contributed by atoms with Gasteiger partial charge in [0.15, 0.2) is 0 Å². The number of aromatic nitrogens is 5. The highest BCUT2D eigenvalue weighted by atomic mass is 32.1. The number of hydrogen-bond acceptors (Lipinski definition) is 6. The predicted octanol–water partition coefficient (Wildman–Crippen LogP) is 2.28. The fraction of sp³-hybridized carbons (Fsp3) is 0.286. The van der Waals surface area contributed by atoms with Crippen molar-refractivity contribution in [3.8, 4) is 5.69 Å². The minimum Gasteiger partial charge on any atom is -0.304 e. The molecule has 3 rings (SSSR count). The van der Waals surface area contributed by atoms with Gasteiger partial charge in [0.1, 0.15) is 11.3 Å². The Kier molecular flexibility index (Phi) is 4.03. The SMILES string of the molecule is Cc1cnc(CNC(C)c2cccc(-n3cnnn3)c2)s1. The third kappa shape index (κ3) is 3.32. The number of tetrazole rings is 1. The van der Waals surface area contributed by atoms with E-state index >= 15 is 0 Å². The van der Waals surface area contributed by atoms with Crippen molar-refractivity contribution < 1.29 is 0 Å². The molecule has 0 saturated heterocycles. The van der Waals surface area contributed by atoms with Crippen molar-refractivity contribution in [3.63, 3.8) is 0 Å². The van der Waals surface area contributed by atoms with Crippen LogP contribution >= 0.6 is 11.3 Å². The lowest BCUT2D eigenvalue weighted by Gasteiger charge is -2.14. The zero-order valence-electron chi connectivity index (χ0n) is 11.9. The largest absolute Gasteiger partial charge is 0.304 e. The molecule has 21 heavy (non-hydrogen) atoms. The van der Waals surface area contributed by atoms with Crippen LogP contribution in [0.1, 0.15) is 28.4 Å². The van der Waals surface area contributed by atoms with E-state index in [2.05, 4.69) is 51.8 Å². The third-order valence-electron chi connectivity index (χ3n) is 3.21. The van der Waals surface area contributed by atoms with E-state index in [-0.39, 0.29) is 6.04 Å². The van der Waals surface area contributed by atoms with E-state index in [1.807, 2.05) is 18.3 Å². The van der Waals surface area contributed by atoms with Crippen molar-refractivity contribution in [1.82, 2.24) is 30.5 Å². The summed E-state index contributed by atoms with van der Waals surface area (Å²) in [6.07, 6.45) is 3.50.